The van der Waals surface area contributed by atoms with Crippen LogP contribution in [-0.2, 0) is 30.4 Å². The maximum absolute atomic E-state index is 12.8. The summed E-state index contributed by atoms with van der Waals surface area (Å²) in [5.41, 5.74) is 6.54. The average molecular weight is 511 g/mol. The van der Waals surface area contributed by atoms with Crippen LogP contribution in [-0.4, -0.2) is 80.9 Å². The van der Waals surface area contributed by atoms with Crippen LogP contribution >= 0.6 is 0 Å². The number of carboxylic acid groups (broad SMARTS) is 2. The molecule has 36 heavy (non-hydrogen) atoms. The molecule has 9 N–H and O–H groups in total. The first-order valence-corrected chi connectivity index (χ1v) is 11.3. The Morgan fingerprint density at radius 1 is 0.861 bits per heavy atom. The van der Waals surface area contributed by atoms with E-state index in [0.717, 1.165) is 0 Å². The summed E-state index contributed by atoms with van der Waals surface area (Å²) in [6.45, 7) is 2.65. The van der Waals surface area contributed by atoms with Gasteiger partial charge in [0.1, 0.15) is 23.9 Å². The fourth-order valence-corrected chi connectivity index (χ4v) is 3.23. The van der Waals surface area contributed by atoms with E-state index in [1.54, 1.807) is 26.0 Å². The molecule has 4 atom stereocenters. The number of aromatic hydroxyl groups is 1. The fraction of sp³-hybridized carbons (Fsp3) is 0.522. The summed E-state index contributed by atoms with van der Waals surface area (Å²) in [7, 11) is 0. The average Bonchev–Trinajstić information content (AvgIpc) is 2.80. The number of hydrogen-bond acceptors (Lipinski definition) is 8. The first-order valence-electron chi connectivity index (χ1n) is 11.3. The molecule has 1 rings (SSSR count). The molecule has 0 fully saturated rings. The van der Waals surface area contributed by atoms with Crippen molar-refractivity contribution >= 4 is 29.7 Å². The van der Waals surface area contributed by atoms with Crippen molar-refractivity contribution in [3.63, 3.8) is 0 Å². The highest BCUT2D eigenvalue weighted by Crippen LogP contribution is 2.11. The van der Waals surface area contributed by atoms with Crippen LogP contribution in [0.1, 0.15) is 38.7 Å². The van der Waals surface area contributed by atoms with Gasteiger partial charge in [-0.15, -0.1) is 0 Å². The molecule has 1 aromatic rings. The Kier molecular flexibility index (Phi) is 12.3. The van der Waals surface area contributed by atoms with E-state index in [0.29, 0.717) is 5.56 Å². The summed E-state index contributed by atoms with van der Waals surface area (Å²) in [4.78, 5) is 60.3. The van der Waals surface area contributed by atoms with Crippen molar-refractivity contribution in [1.29, 1.82) is 0 Å². The van der Waals surface area contributed by atoms with Gasteiger partial charge in [0, 0.05) is 6.42 Å². The number of aliphatic hydroxyl groups excluding tert-OH is 1. The fourth-order valence-electron chi connectivity index (χ4n) is 3.23. The molecule has 13 heteroatoms. The molecule has 4 unspecified atom stereocenters. The summed E-state index contributed by atoms with van der Waals surface area (Å²) in [6, 6.07) is 0.658. The standard InChI is InChI=1S/C23H34N4O9/c1-12(2)9-17(23(35)36)26-22(34)18(11-28)27-21(33)16(7-8-19(30)31)25-20(32)15(24)10-13-3-5-14(29)6-4-13/h3-6,12,15-18,28-29H,7-11,24H2,1-2H3,(H,25,32)(H,26,34)(H,27,33)(H,30,31)(H,35,36). The molecule has 0 heterocycles. The number of hydrogen-bond donors (Lipinski definition) is 8. The van der Waals surface area contributed by atoms with Gasteiger partial charge in [0.25, 0.3) is 0 Å². The van der Waals surface area contributed by atoms with Crippen LogP contribution in [0.3, 0.4) is 0 Å². The van der Waals surface area contributed by atoms with Crippen LogP contribution in [0.15, 0.2) is 24.3 Å². The van der Waals surface area contributed by atoms with E-state index in [4.69, 9.17) is 10.8 Å². The second-order valence-electron chi connectivity index (χ2n) is 8.74. The minimum atomic E-state index is -1.54. The van der Waals surface area contributed by atoms with E-state index in [-0.39, 0.29) is 30.9 Å². The Labute approximate surface area is 208 Å². The second kappa shape index (κ2) is 14.6. The van der Waals surface area contributed by atoms with Gasteiger partial charge in [0.05, 0.1) is 12.6 Å². The molecule has 0 saturated carbocycles. The third kappa shape index (κ3) is 10.7. The van der Waals surface area contributed by atoms with Crippen molar-refractivity contribution in [3.05, 3.63) is 29.8 Å². The zero-order valence-corrected chi connectivity index (χ0v) is 20.1. The maximum atomic E-state index is 12.8. The molecule has 3 amide bonds. The highest BCUT2D eigenvalue weighted by atomic mass is 16.4. The Balaban J connectivity index is 2.89. The molecule has 1 aromatic carbocycles. The number of amides is 3. The van der Waals surface area contributed by atoms with Gasteiger partial charge in [-0.1, -0.05) is 26.0 Å². The van der Waals surface area contributed by atoms with E-state index < -0.39 is 66.9 Å². The number of aliphatic carboxylic acids is 2. The largest absolute Gasteiger partial charge is 0.508 e. The normalized spacial score (nSPS) is 14.2. The monoisotopic (exact) mass is 510 g/mol. The van der Waals surface area contributed by atoms with Crippen molar-refractivity contribution in [3.8, 4) is 5.75 Å². The molecular weight excluding hydrogens is 476 g/mol. The smallest absolute Gasteiger partial charge is 0.326 e. The lowest BCUT2D eigenvalue weighted by Gasteiger charge is -2.24. The molecule has 0 bridgehead atoms. The van der Waals surface area contributed by atoms with Crippen LogP contribution < -0.4 is 21.7 Å². The lowest BCUT2D eigenvalue weighted by molar-refractivity contribution is -0.143. The highest BCUT2D eigenvalue weighted by Gasteiger charge is 2.30. The van der Waals surface area contributed by atoms with Crippen LogP contribution in [0, 0.1) is 5.92 Å². The van der Waals surface area contributed by atoms with Crippen molar-refractivity contribution in [1.82, 2.24) is 16.0 Å². The Morgan fingerprint density at radius 2 is 1.39 bits per heavy atom. The molecule has 0 saturated heterocycles. The molecule has 13 nitrogen and oxygen atoms in total. The summed E-state index contributed by atoms with van der Waals surface area (Å²) >= 11 is 0. The highest BCUT2D eigenvalue weighted by molar-refractivity contribution is 5.94. The molecular formula is C23H34N4O9. The number of carbonyl (C=O) groups excluding carboxylic acids is 3. The number of rotatable bonds is 15. The van der Waals surface area contributed by atoms with Crippen LogP contribution in [0.4, 0.5) is 0 Å². The minimum Gasteiger partial charge on any atom is -0.508 e. The van der Waals surface area contributed by atoms with Gasteiger partial charge in [0.15, 0.2) is 0 Å². The topological polar surface area (TPSA) is 228 Å². The van der Waals surface area contributed by atoms with E-state index in [1.165, 1.54) is 12.1 Å². The van der Waals surface area contributed by atoms with Crippen molar-refractivity contribution < 1.29 is 44.4 Å². The molecule has 0 radical (unpaired) electrons. The number of carbonyl (C=O) groups is 5. The van der Waals surface area contributed by atoms with Gasteiger partial charge in [-0.05, 0) is 42.9 Å². The van der Waals surface area contributed by atoms with Crippen molar-refractivity contribution in [2.45, 2.75) is 63.7 Å². The number of phenolic OH excluding ortho intramolecular Hbond substituents is 1. The number of phenols is 1. The molecule has 0 aromatic heterocycles. The van der Waals surface area contributed by atoms with Crippen LogP contribution in [0.25, 0.3) is 0 Å². The number of aliphatic hydroxyl groups is 1. The Morgan fingerprint density at radius 3 is 1.89 bits per heavy atom. The maximum Gasteiger partial charge on any atom is 0.326 e. The Hall–Kier alpha value is -3.71. The van der Waals surface area contributed by atoms with Gasteiger partial charge < -0.3 is 42.1 Å². The van der Waals surface area contributed by atoms with Crippen molar-refractivity contribution in [2.75, 3.05) is 6.61 Å². The van der Waals surface area contributed by atoms with Crippen molar-refractivity contribution in [2.24, 2.45) is 11.7 Å². The van der Waals surface area contributed by atoms with E-state index in [9.17, 15) is 39.3 Å². The van der Waals surface area contributed by atoms with Gasteiger partial charge in [0.2, 0.25) is 17.7 Å². The van der Waals surface area contributed by atoms with Gasteiger partial charge >= 0.3 is 11.9 Å². The molecule has 0 aliphatic heterocycles. The molecule has 200 valence electrons. The SMILES string of the molecule is CC(C)CC(NC(=O)C(CO)NC(=O)C(CCC(=O)O)NC(=O)C(N)Cc1ccc(O)cc1)C(=O)O. The molecule has 0 aliphatic carbocycles. The number of benzene rings is 1. The molecule has 0 aliphatic rings. The van der Waals surface area contributed by atoms with E-state index in [1.807, 2.05) is 0 Å². The second-order valence-corrected chi connectivity index (χ2v) is 8.74. The summed E-state index contributed by atoms with van der Waals surface area (Å²) in [5, 5.41) is 44.1. The number of nitrogens with one attached hydrogen (secondary N) is 3. The zero-order valence-electron chi connectivity index (χ0n) is 20.1. The van der Waals surface area contributed by atoms with E-state index in [2.05, 4.69) is 16.0 Å². The van der Waals surface area contributed by atoms with E-state index >= 15 is 0 Å². The predicted octanol–water partition coefficient (Wildman–Crippen LogP) is -1.30. The number of nitrogens with two attached hydrogens (primary N) is 1. The Bertz CT molecular complexity index is 921. The van der Waals surface area contributed by atoms with Gasteiger partial charge in [-0.3, -0.25) is 19.2 Å². The summed E-state index contributed by atoms with van der Waals surface area (Å²) in [5.74, 6) is -5.21. The third-order valence-electron chi connectivity index (χ3n) is 5.15. The predicted molar refractivity (Wildman–Crippen MR) is 127 cm³/mol. The first kappa shape index (κ1) is 30.3. The quantitative estimate of drug-likeness (QED) is 0.139. The summed E-state index contributed by atoms with van der Waals surface area (Å²) < 4.78 is 0. The molecule has 0 spiro atoms. The van der Waals surface area contributed by atoms with Crippen LogP contribution in [0.5, 0.6) is 5.75 Å². The summed E-state index contributed by atoms with van der Waals surface area (Å²) in [6.07, 6.45) is -0.641. The zero-order chi connectivity index (χ0) is 27.4. The number of carboxylic acids is 2. The third-order valence-corrected chi connectivity index (χ3v) is 5.15. The van der Waals surface area contributed by atoms with Crippen LogP contribution in [0.2, 0.25) is 0 Å². The lowest BCUT2D eigenvalue weighted by atomic mass is 10.0. The van der Waals surface area contributed by atoms with Gasteiger partial charge in [-0.2, -0.15) is 0 Å². The minimum absolute atomic E-state index is 0.0311. The van der Waals surface area contributed by atoms with Gasteiger partial charge in [-0.25, -0.2) is 4.79 Å². The lowest BCUT2D eigenvalue weighted by Crippen LogP contribution is -2.58. The first-order chi connectivity index (χ1) is 16.8.